The zero-order valence-electron chi connectivity index (χ0n) is 21.2. The zero-order chi connectivity index (χ0) is 26.2. The van der Waals surface area contributed by atoms with Gasteiger partial charge in [-0.25, -0.2) is 18.2 Å². The number of benzene rings is 2. The molecule has 6 rings (SSSR count). The number of fused-ring (bicyclic) bond motifs is 3. The van der Waals surface area contributed by atoms with Crippen LogP contribution in [0.2, 0.25) is 0 Å². The van der Waals surface area contributed by atoms with Crippen LogP contribution in [0, 0.1) is 11.6 Å². The Bertz CT molecular complexity index is 1440. The lowest BCUT2D eigenvalue weighted by molar-refractivity contribution is 0.0976. The molecule has 0 bridgehead atoms. The van der Waals surface area contributed by atoms with Crippen molar-refractivity contribution in [3.05, 3.63) is 59.3 Å². The molecule has 2 aliphatic rings. The summed E-state index contributed by atoms with van der Waals surface area (Å²) in [4.78, 5) is 20.2. The summed E-state index contributed by atoms with van der Waals surface area (Å²) in [6, 6.07) is 8.38. The summed E-state index contributed by atoms with van der Waals surface area (Å²) in [5, 5.41) is 3.28. The number of aromatic nitrogens is 2. The lowest BCUT2D eigenvalue weighted by atomic mass is 10.0. The number of halogens is 3. The molecule has 2 saturated heterocycles. The van der Waals surface area contributed by atoms with Gasteiger partial charge in [-0.15, -0.1) is 0 Å². The monoisotopic (exact) mass is 540 g/mol. The highest BCUT2D eigenvalue weighted by atomic mass is 32.1. The Morgan fingerprint density at radius 2 is 1.87 bits per heavy atom. The van der Waals surface area contributed by atoms with Crippen molar-refractivity contribution in [2.24, 2.45) is 0 Å². The molecule has 2 aliphatic heterocycles. The number of hydrogen-bond donors (Lipinski definition) is 1. The van der Waals surface area contributed by atoms with E-state index in [4.69, 9.17) is 0 Å². The fraction of sp³-hybridized carbons (Fsp3) is 0.448. The Hall–Kier alpha value is -2.75. The van der Waals surface area contributed by atoms with Gasteiger partial charge >= 0.3 is 0 Å². The van der Waals surface area contributed by atoms with E-state index in [1.54, 1.807) is 6.20 Å². The van der Waals surface area contributed by atoms with E-state index in [0.29, 0.717) is 35.4 Å². The Kier molecular flexibility index (Phi) is 7.24. The van der Waals surface area contributed by atoms with E-state index in [1.807, 2.05) is 22.6 Å². The molecule has 1 atom stereocenters. The first-order valence-electron chi connectivity index (χ1n) is 13.5. The van der Waals surface area contributed by atoms with Gasteiger partial charge < -0.3 is 10.2 Å². The Morgan fingerprint density at radius 3 is 2.61 bits per heavy atom. The molecular weight excluding hydrogens is 509 g/mol. The third-order valence-electron chi connectivity index (χ3n) is 7.84. The van der Waals surface area contributed by atoms with Gasteiger partial charge in [0.25, 0.3) is 0 Å². The molecule has 2 fully saturated rings. The second kappa shape index (κ2) is 10.8. The summed E-state index contributed by atoms with van der Waals surface area (Å²) >= 11 is 1.40. The van der Waals surface area contributed by atoms with E-state index >= 15 is 8.78 Å². The van der Waals surface area contributed by atoms with Crippen LogP contribution in [0.15, 0.2) is 36.5 Å². The van der Waals surface area contributed by atoms with Gasteiger partial charge in [0, 0.05) is 37.3 Å². The van der Waals surface area contributed by atoms with Gasteiger partial charge in [0.15, 0.2) is 10.7 Å². The molecule has 0 radical (unpaired) electrons. The third kappa shape index (κ3) is 5.11. The molecule has 2 aromatic heterocycles. The predicted octanol–water partition coefficient (Wildman–Crippen LogP) is 6.71. The van der Waals surface area contributed by atoms with Crippen molar-refractivity contribution in [3.8, 4) is 11.3 Å². The van der Waals surface area contributed by atoms with Crippen molar-refractivity contribution in [1.82, 2.24) is 19.6 Å². The average molecular weight is 541 g/mol. The number of imidazole rings is 1. The van der Waals surface area contributed by atoms with Crippen LogP contribution in [0.4, 0.5) is 13.2 Å². The minimum absolute atomic E-state index is 0.0143. The second-order valence-electron chi connectivity index (χ2n) is 10.5. The minimum atomic E-state index is -0.665. The van der Waals surface area contributed by atoms with E-state index < -0.39 is 17.8 Å². The van der Waals surface area contributed by atoms with Gasteiger partial charge in [-0.3, -0.25) is 9.20 Å². The molecule has 4 heterocycles. The van der Waals surface area contributed by atoms with Crippen LogP contribution in [0.3, 0.4) is 0 Å². The first-order valence-corrected chi connectivity index (χ1v) is 14.3. The predicted molar refractivity (Wildman–Crippen MR) is 145 cm³/mol. The Balaban J connectivity index is 1.14. The fourth-order valence-electron chi connectivity index (χ4n) is 5.69. The molecule has 2 aromatic carbocycles. The maximum absolute atomic E-state index is 15.0. The number of carbonyl (C=O) groups excluding carboxylic acids is 1. The molecular formula is C29H31F3N4OS. The average Bonchev–Trinajstić information content (AvgIpc) is 3.64. The van der Waals surface area contributed by atoms with Crippen molar-refractivity contribution in [1.29, 1.82) is 0 Å². The minimum Gasteiger partial charge on any atom is -0.310 e. The smallest absolute Gasteiger partial charge is 0.195 e. The van der Waals surface area contributed by atoms with Crippen molar-refractivity contribution < 1.29 is 18.0 Å². The van der Waals surface area contributed by atoms with Crippen LogP contribution in [-0.4, -0.2) is 52.4 Å². The van der Waals surface area contributed by atoms with E-state index in [9.17, 15) is 9.18 Å². The number of rotatable bonds is 8. The molecule has 0 amide bonds. The van der Waals surface area contributed by atoms with Crippen molar-refractivity contribution >= 4 is 32.3 Å². The Labute approximate surface area is 223 Å². The normalized spacial score (nSPS) is 19.2. The van der Waals surface area contributed by atoms with Gasteiger partial charge in [-0.05, 0) is 87.5 Å². The molecule has 5 nitrogen and oxygen atoms in total. The van der Waals surface area contributed by atoms with E-state index in [1.165, 1.54) is 23.5 Å². The van der Waals surface area contributed by atoms with Gasteiger partial charge in [-0.2, -0.15) is 0 Å². The van der Waals surface area contributed by atoms with Crippen LogP contribution in [0.1, 0.15) is 66.9 Å². The van der Waals surface area contributed by atoms with Crippen molar-refractivity contribution in [2.75, 3.05) is 26.2 Å². The molecule has 0 saturated carbocycles. The van der Waals surface area contributed by atoms with Crippen LogP contribution in [-0.2, 0) is 0 Å². The lowest BCUT2D eigenvalue weighted by Crippen LogP contribution is -2.35. The van der Waals surface area contributed by atoms with Crippen LogP contribution >= 0.6 is 11.3 Å². The zero-order valence-corrected chi connectivity index (χ0v) is 22.0. The summed E-state index contributed by atoms with van der Waals surface area (Å²) in [6.45, 7) is 3.37. The number of Topliss-reactive ketones (excluding diaryl/α,β-unsaturated/α-hetero) is 1. The fourth-order valence-corrected chi connectivity index (χ4v) is 6.74. The first kappa shape index (κ1) is 25.5. The molecule has 38 heavy (non-hydrogen) atoms. The number of thiazole rings is 1. The number of nitrogens with one attached hydrogen (secondary N) is 1. The molecule has 0 spiro atoms. The molecule has 9 heteroatoms. The van der Waals surface area contributed by atoms with E-state index in [0.717, 1.165) is 62.1 Å². The van der Waals surface area contributed by atoms with Crippen LogP contribution in [0.25, 0.3) is 26.4 Å². The number of carbonyl (C=O) groups is 1. The molecule has 0 unspecified atom stereocenters. The standard InChI is InChI=1S/C29H31F3N4OS/c30-20-8-12-35(13-9-20)11-2-1-5-26(37)18-6-7-25-27(16-18)38-29-34-24(17-36(25)29)28-21(31)14-19(15-22(28)32)23-4-3-10-33-23/h6-7,14-17,20,23,33H,1-5,8-13H2/t23-/m0/s1. The molecule has 1 N–H and O–H groups in total. The Morgan fingerprint density at radius 1 is 1.08 bits per heavy atom. The number of likely N-dealkylation sites (tertiary alicyclic amines) is 1. The summed E-state index contributed by atoms with van der Waals surface area (Å²) < 4.78 is 46.1. The SMILES string of the molecule is O=C(CCCCN1CCC(F)CC1)c1ccc2c(c1)sc1nc(-c3c(F)cc([C@@H]4CCCN4)cc3F)cn12. The summed E-state index contributed by atoms with van der Waals surface area (Å²) in [6.07, 6.45) is 6.28. The quantitative estimate of drug-likeness (QED) is 0.199. The number of alkyl halides is 1. The lowest BCUT2D eigenvalue weighted by Gasteiger charge is -2.28. The molecule has 0 aliphatic carbocycles. The number of ketones is 1. The largest absolute Gasteiger partial charge is 0.310 e. The maximum atomic E-state index is 15.0. The second-order valence-corrected chi connectivity index (χ2v) is 11.5. The van der Waals surface area contributed by atoms with Gasteiger partial charge in [0.05, 0.1) is 21.5 Å². The number of unbranched alkanes of at least 4 members (excludes halogenated alkanes) is 1. The highest BCUT2D eigenvalue weighted by Crippen LogP contribution is 2.34. The van der Waals surface area contributed by atoms with Crippen LogP contribution in [0.5, 0.6) is 0 Å². The summed E-state index contributed by atoms with van der Waals surface area (Å²) in [5.74, 6) is -1.12. The third-order valence-corrected chi connectivity index (χ3v) is 8.86. The maximum Gasteiger partial charge on any atom is 0.195 e. The van der Waals surface area contributed by atoms with Gasteiger partial charge in [-0.1, -0.05) is 11.3 Å². The highest BCUT2D eigenvalue weighted by Gasteiger charge is 2.23. The highest BCUT2D eigenvalue weighted by molar-refractivity contribution is 7.23. The van der Waals surface area contributed by atoms with E-state index in [-0.39, 0.29) is 23.1 Å². The number of hydrogen-bond acceptors (Lipinski definition) is 5. The van der Waals surface area contributed by atoms with Gasteiger partial charge in [0.1, 0.15) is 17.8 Å². The molecule has 200 valence electrons. The first-order chi connectivity index (χ1) is 18.5. The molecule has 4 aromatic rings. The van der Waals surface area contributed by atoms with Crippen molar-refractivity contribution in [2.45, 2.75) is 57.2 Å². The van der Waals surface area contributed by atoms with E-state index in [2.05, 4.69) is 15.2 Å². The number of piperidine rings is 1. The number of nitrogens with zero attached hydrogens (tertiary/aromatic N) is 3. The van der Waals surface area contributed by atoms with Crippen LogP contribution < -0.4 is 5.32 Å². The summed E-state index contributed by atoms with van der Waals surface area (Å²) in [7, 11) is 0. The summed E-state index contributed by atoms with van der Waals surface area (Å²) in [5.41, 5.74) is 2.29. The topological polar surface area (TPSA) is 49.6 Å². The van der Waals surface area contributed by atoms with Crippen molar-refractivity contribution in [3.63, 3.8) is 0 Å². The van der Waals surface area contributed by atoms with Gasteiger partial charge in [0.2, 0.25) is 0 Å².